The largest absolute Gasteiger partial charge is 0.258 e. The first kappa shape index (κ1) is 10.7. The van der Waals surface area contributed by atoms with Crippen molar-refractivity contribution in [3.8, 4) is 0 Å². The molecule has 1 aliphatic carbocycles. The van der Waals surface area contributed by atoms with E-state index in [1.807, 2.05) is 0 Å². The second kappa shape index (κ2) is 4.34. The smallest absolute Gasteiger partial charge is 0.0407 e. The molecule has 0 spiro atoms. The van der Waals surface area contributed by atoms with Gasteiger partial charge in [0.15, 0.2) is 0 Å². The van der Waals surface area contributed by atoms with Gasteiger partial charge in [0.2, 0.25) is 0 Å². The molecule has 0 bridgehead atoms. The van der Waals surface area contributed by atoms with Crippen molar-refractivity contribution < 1.29 is 0 Å². The van der Waals surface area contributed by atoms with Gasteiger partial charge in [-0.05, 0) is 63.0 Å². The van der Waals surface area contributed by atoms with Crippen molar-refractivity contribution >= 4 is 0 Å². The van der Waals surface area contributed by atoms with Crippen LogP contribution in [-0.4, -0.2) is 4.98 Å². The summed E-state index contributed by atoms with van der Waals surface area (Å²) < 4.78 is 0. The Morgan fingerprint density at radius 2 is 2.00 bits per heavy atom. The molecule has 0 unspecified atom stereocenters. The van der Waals surface area contributed by atoms with E-state index in [1.54, 1.807) is 0 Å². The summed E-state index contributed by atoms with van der Waals surface area (Å²) in [5, 5.41) is 0. The first-order valence-electron chi connectivity index (χ1n) is 6.08. The minimum Gasteiger partial charge on any atom is -0.258 e. The van der Waals surface area contributed by atoms with E-state index in [9.17, 15) is 0 Å². The highest BCUT2D eigenvalue weighted by Crippen LogP contribution is 2.36. The van der Waals surface area contributed by atoms with Gasteiger partial charge in [0.05, 0.1) is 0 Å². The molecule has 0 radical (unpaired) electrons. The molecule has 1 heteroatoms. The Labute approximate surface area is 92.9 Å². The molecule has 1 fully saturated rings. The summed E-state index contributed by atoms with van der Waals surface area (Å²) in [6.45, 7) is 6.58. The maximum absolute atomic E-state index is 4.62. The van der Waals surface area contributed by atoms with Crippen LogP contribution in [0.1, 0.15) is 43.1 Å². The molecular weight excluding hydrogens is 182 g/mol. The average molecular weight is 203 g/mol. The van der Waals surface area contributed by atoms with Crippen molar-refractivity contribution in [3.05, 3.63) is 29.1 Å². The van der Waals surface area contributed by atoms with Crippen LogP contribution in [0.5, 0.6) is 0 Å². The lowest BCUT2D eigenvalue weighted by atomic mass is 9.74. The fourth-order valence-corrected chi connectivity index (χ4v) is 2.48. The lowest BCUT2D eigenvalue weighted by Gasteiger charge is -2.32. The van der Waals surface area contributed by atoms with E-state index >= 15 is 0 Å². The molecule has 1 saturated carbocycles. The van der Waals surface area contributed by atoms with Crippen molar-refractivity contribution in [3.63, 3.8) is 0 Å². The van der Waals surface area contributed by atoms with Crippen molar-refractivity contribution in [2.24, 2.45) is 11.8 Å². The van der Waals surface area contributed by atoms with Crippen LogP contribution in [-0.2, 0) is 6.42 Å². The van der Waals surface area contributed by atoms with Gasteiger partial charge in [-0.15, -0.1) is 0 Å². The van der Waals surface area contributed by atoms with Gasteiger partial charge < -0.3 is 0 Å². The first-order valence-corrected chi connectivity index (χ1v) is 6.08. The summed E-state index contributed by atoms with van der Waals surface area (Å²) in [7, 11) is 0. The van der Waals surface area contributed by atoms with Gasteiger partial charge in [-0.2, -0.15) is 0 Å². The molecular formula is C14H21N. The predicted molar refractivity (Wildman–Crippen MR) is 63.9 cm³/mol. The highest BCUT2D eigenvalue weighted by molar-refractivity contribution is 5.20. The van der Waals surface area contributed by atoms with E-state index in [1.165, 1.54) is 42.6 Å². The Bertz CT molecular complexity index is 337. The number of hydrogen-bond donors (Lipinski definition) is 0. The number of nitrogens with zero attached hydrogens (tertiary/aromatic N) is 1. The molecule has 0 amide bonds. The molecule has 0 saturated heterocycles. The van der Waals surface area contributed by atoms with Crippen molar-refractivity contribution in [1.29, 1.82) is 0 Å². The second-order valence-electron chi connectivity index (χ2n) is 5.19. The summed E-state index contributed by atoms with van der Waals surface area (Å²) in [6, 6.07) is 4.38. The summed E-state index contributed by atoms with van der Waals surface area (Å²) in [5.41, 5.74) is 3.77. The van der Waals surface area contributed by atoms with E-state index in [2.05, 4.69) is 37.9 Å². The molecule has 0 aromatic carbocycles. The monoisotopic (exact) mass is 203 g/mol. The van der Waals surface area contributed by atoms with Crippen molar-refractivity contribution in [2.45, 2.75) is 46.5 Å². The molecule has 2 rings (SSSR count). The van der Waals surface area contributed by atoms with Gasteiger partial charge in [0.1, 0.15) is 0 Å². The topological polar surface area (TPSA) is 12.9 Å². The zero-order chi connectivity index (χ0) is 10.8. The van der Waals surface area contributed by atoms with Crippen LogP contribution in [0.2, 0.25) is 0 Å². The van der Waals surface area contributed by atoms with E-state index in [0.717, 1.165) is 11.8 Å². The highest BCUT2D eigenvalue weighted by atomic mass is 14.7. The summed E-state index contributed by atoms with van der Waals surface area (Å²) in [6.07, 6.45) is 5.37. The quantitative estimate of drug-likeness (QED) is 0.730. The Hall–Kier alpha value is -0.850. The Morgan fingerprint density at radius 3 is 2.60 bits per heavy atom. The van der Waals surface area contributed by atoms with Crippen LogP contribution in [0.25, 0.3) is 0 Å². The average Bonchev–Trinajstić information content (AvgIpc) is 2.16. The molecule has 0 atom stereocenters. The Kier molecular flexibility index (Phi) is 3.08. The van der Waals surface area contributed by atoms with Crippen LogP contribution in [0, 0.1) is 25.7 Å². The number of aryl methyl sites for hydroxylation is 3. The van der Waals surface area contributed by atoms with Gasteiger partial charge in [0.25, 0.3) is 0 Å². The lowest BCUT2D eigenvalue weighted by Crippen LogP contribution is -2.21. The molecule has 1 aliphatic rings. The predicted octanol–water partition coefficient (Wildman–Crippen LogP) is 3.68. The van der Waals surface area contributed by atoms with Crippen LogP contribution in [0.3, 0.4) is 0 Å². The first-order chi connectivity index (χ1) is 7.15. The Morgan fingerprint density at radius 1 is 1.27 bits per heavy atom. The van der Waals surface area contributed by atoms with Gasteiger partial charge in [0, 0.05) is 11.4 Å². The molecule has 1 heterocycles. The number of aromatic nitrogens is 1. The van der Waals surface area contributed by atoms with Crippen molar-refractivity contribution in [1.82, 2.24) is 4.98 Å². The lowest BCUT2D eigenvalue weighted by molar-refractivity contribution is 0.199. The van der Waals surface area contributed by atoms with Crippen LogP contribution in [0.15, 0.2) is 12.1 Å². The molecule has 1 aromatic rings. The molecule has 82 valence electrons. The zero-order valence-electron chi connectivity index (χ0n) is 10.1. The molecule has 1 nitrogen and oxygen atoms in total. The minimum atomic E-state index is 0.975. The number of hydrogen-bond acceptors (Lipinski definition) is 1. The number of rotatable bonds is 3. The normalized spacial score (nSPS) is 25.0. The van der Waals surface area contributed by atoms with Gasteiger partial charge >= 0.3 is 0 Å². The highest BCUT2D eigenvalue weighted by Gasteiger charge is 2.24. The van der Waals surface area contributed by atoms with Crippen LogP contribution >= 0.6 is 0 Å². The second-order valence-corrected chi connectivity index (χ2v) is 5.19. The SMILES string of the molecule is Cc1ccc(CCC2CC(C)C2)nc1C. The zero-order valence-corrected chi connectivity index (χ0v) is 10.1. The Balaban J connectivity index is 1.86. The standard InChI is InChI=1S/C14H21N/c1-10-8-13(9-10)5-7-14-6-4-11(2)12(3)15-14/h4,6,10,13H,5,7-9H2,1-3H3. The van der Waals surface area contributed by atoms with Crippen LogP contribution < -0.4 is 0 Å². The van der Waals surface area contributed by atoms with Crippen LogP contribution in [0.4, 0.5) is 0 Å². The summed E-state index contributed by atoms with van der Waals surface area (Å²) >= 11 is 0. The van der Waals surface area contributed by atoms with Gasteiger partial charge in [-0.3, -0.25) is 4.98 Å². The van der Waals surface area contributed by atoms with E-state index < -0.39 is 0 Å². The maximum Gasteiger partial charge on any atom is 0.0407 e. The van der Waals surface area contributed by atoms with Gasteiger partial charge in [-0.25, -0.2) is 0 Å². The fraction of sp³-hybridized carbons (Fsp3) is 0.643. The van der Waals surface area contributed by atoms with E-state index in [0.29, 0.717) is 0 Å². The summed E-state index contributed by atoms with van der Waals surface area (Å²) in [4.78, 5) is 4.62. The molecule has 15 heavy (non-hydrogen) atoms. The molecule has 0 N–H and O–H groups in total. The maximum atomic E-state index is 4.62. The number of pyridine rings is 1. The molecule has 0 aliphatic heterocycles. The minimum absolute atomic E-state index is 0.975. The third-order valence-corrected chi connectivity index (χ3v) is 3.69. The van der Waals surface area contributed by atoms with Crippen molar-refractivity contribution in [2.75, 3.05) is 0 Å². The van der Waals surface area contributed by atoms with E-state index in [-0.39, 0.29) is 0 Å². The fourth-order valence-electron chi connectivity index (χ4n) is 2.48. The third-order valence-electron chi connectivity index (χ3n) is 3.69. The third kappa shape index (κ3) is 2.58. The molecule has 1 aromatic heterocycles. The summed E-state index contributed by atoms with van der Waals surface area (Å²) in [5.74, 6) is 1.95. The van der Waals surface area contributed by atoms with Gasteiger partial charge in [-0.1, -0.05) is 13.0 Å². The van der Waals surface area contributed by atoms with E-state index in [4.69, 9.17) is 0 Å².